The lowest BCUT2D eigenvalue weighted by atomic mass is 10.2. The molecule has 110 valence electrons. The number of benzene rings is 1. The monoisotopic (exact) mass is 305 g/mol. The van der Waals surface area contributed by atoms with Gasteiger partial charge < -0.3 is 4.57 Å². The van der Waals surface area contributed by atoms with Gasteiger partial charge in [-0.05, 0) is 19.1 Å². The van der Waals surface area contributed by atoms with Crippen LogP contribution >= 0.6 is 11.3 Å². The zero-order valence-electron chi connectivity index (χ0n) is 11.5. The number of aromatic nitrogens is 1. The molecular formula is C14H15N3O3S. The van der Waals surface area contributed by atoms with Gasteiger partial charge in [0.2, 0.25) is 5.91 Å². The second-order valence-corrected chi connectivity index (χ2v) is 5.23. The fourth-order valence-corrected chi connectivity index (χ4v) is 2.50. The van der Waals surface area contributed by atoms with Gasteiger partial charge in [0, 0.05) is 29.6 Å². The molecule has 0 spiro atoms. The second kappa shape index (κ2) is 6.85. The fraction of sp³-hybridized carbons (Fsp3) is 0.214. The number of nitrogens with one attached hydrogen (secondary N) is 2. The second-order valence-electron chi connectivity index (χ2n) is 4.41. The van der Waals surface area contributed by atoms with E-state index >= 15 is 0 Å². The average molecular weight is 305 g/mol. The minimum Gasteiger partial charge on any atom is -0.303 e. The summed E-state index contributed by atoms with van der Waals surface area (Å²) in [4.78, 5) is 34.8. The van der Waals surface area contributed by atoms with Gasteiger partial charge in [0.1, 0.15) is 0 Å². The predicted octanol–water partition coefficient (Wildman–Crippen LogP) is 1.07. The van der Waals surface area contributed by atoms with Crippen LogP contribution in [0, 0.1) is 6.92 Å². The zero-order valence-corrected chi connectivity index (χ0v) is 12.3. The van der Waals surface area contributed by atoms with Gasteiger partial charge in [-0.3, -0.25) is 25.2 Å². The van der Waals surface area contributed by atoms with Crippen LogP contribution in [-0.2, 0) is 11.3 Å². The van der Waals surface area contributed by atoms with E-state index in [2.05, 4.69) is 10.9 Å². The summed E-state index contributed by atoms with van der Waals surface area (Å²) >= 11 is 1.10. The standard InChI is InChI=1S/C14H15N3O3S/c1-10-9-21-14(20)17(10)8-7-12(18)15-16-13(19)11-5-3-2-4-6-11/h2-6,9H,7-8H2,1H3,(H,15,18)(H,16,19). The summed E-state index contributed by atoms with van der Waals surface area (Å²) in [5.41, 5.74) is 5.95. The Kier molecular flexibility index (Phi) is 4.89. The minimum atomic E-state index is -0.382. The molecule has 7 heteroatoms. The van der Waals surface area contributed by atoms with Crippen LogP contribution in [0.15, 0.2) is 40.5 Å². The Morgan fingerprint density at radius 2 is 1.90 bits per heavy atom. The molecule has 2 aromatic rings. The van der Waals surface area contributed by atoms with Crippen molar-refractivity contribution < 1.29 is 9.59 Å². The van der Waals surface area contributed by atoms with Crippen LogP contribution < -0.4 is 15.7 Å². The SMILES string of the molecule is Cc1csc(=O)n1CCC(=O)NNC(=O)c1ccccc1. The molecule has 0 radical (unpaired) electrons. The van der Waals surface area contributed by atoms with E-state index in [0.717, 1.165) is 17.0 Å². The molecule has 2 rings (SSSR count). The largest absolute Gasteiger partial charge is 0.307 e. The molecule has 0 aliphatic rings. The molecular weight excluding hydrogens is 290 g/mol. The number of hydrogen-bond acceptors (Lipinski definition) is 4. The molecule has 2 N–H and O–H groups in total. The molecule has 1 aromatic heterocycles. The third-order valence-corrected chi connectivity index (χ3v) is 3.77. The summed E-state index contributed by atoms with van der Waals surface area (Å²) in [5, 5.41) is 1.75. The lowest BCUT2D eigenvalue weighted by molar-refractivity contribution is -0.122. The third kappa shape index (κ3) is 4.03. The molecule has 0 atom stereocenters. The number of hydrogen-bond donors (Lipinski definition) is 2. The average Bonchev–Trinajstić information content (AvgIpc) is 2.82. The van der Waals surface area contributed by atoms with Crippen molar-refractivity contribution >= 4 is 23.2 Å². The Bertz CT molecular complexity index is 691. The molecule has 0 unspecified atom stereocenters. The fourth-order valence-electron chi connectivity index (χ4n) is 1.74. The van der Waals surface area contributed by atoms with Crippen molar-refractivity contribution in [2.75, 3.05) is 0 Å². The number of carbonyl (C=O) groups excluding carboxylic acids is 2. The number of thiazole rings is 1. The number of carbonyl (C=O) groups is 2. The normalized spacial score (nSPS) is 10.1. The highest BCUT2D eigenvalue weighted by Crippen LogP contribution is 2.00. The lowest BCUT2D eigenvalue weighted by Crippen LogP contribution is -2.42. The number of aryl methyl sites for hydroxylation is 1. The Labute approximate surface area is 125 Å². The van der Waals surface area contributed by atoms with E-state index in [9.17, 15) is 14.4 Å². The first-order valence-corrected chi connectivity index (χ1v) is 7.25. The number of amides is 2. The summed E-state index contributed by atoms with van der Waals surface area (Å²) in [5.74, 6) is -0.732. The van der Waals surface area contributed by atoms with Crippen molar-refractivity contribution in [1.82, 2.24) is 15.4 Å². The Morgan fingerprint density at radius 3 is 2.52 bits per heavy atom. The van der Waals surface area contributed by atoms with Gasteiger partial charge in [-0.1, -0.05) is 29.5 Å². The van der Waals surface area contributed by atoms with E-state index < -0.39 is 0 Å². The van der Waals surface area contributed by atoms with Gasteiger partial charge in [-0.25, -0.2) is 0 Å². The number of rotatable bonds is 4. The molecule has 0 bridgehead atoms. The molecule has 1 heterocycles. The van der Waals surface area contributed by atoms with Gasteiger partial charge in [-0.2, -0.15) is 0 Å². The van der Waals surface area contributed by atoms with Crippen molar-refractivity contribution in [3.63, 3.8) is 0 Å². The molecule has 0 aliphatic carbocycles. The Morgan fingerprint density at radius 1 is 1.19 bits per heavy atom. The summed E-state index contributed by atoms with van der Waals surface area (Å²) in [6, 6.07) is 8.58. The predicted molar refractivity (Wildman–Crippen MR) is 80.0 cm³/mol. The van der Waals surface area contributed by atoms with Crippen molar-refractivity contribution in [3.05, 3.63) is 56.6 Å². The maximum absolute atomic E-state index is 11.7. The maximum Gasteiger partial charge on any atom is 0.307 e. The molecule has 6 nitrogen and oxygen atoms in total. The highest BCUT2D eigenvalue weighted by Gasteiger charge is 2.08. The van der Waals surface area contributed by atoms with Crippen molar-refractivity contribution in [2.45, 2.75) is 19.9 Å². The minimum absolute atomic E-state index is 0.0892. The van der Waals surface area contributed by atoms with E-state index in [4.69, 9.17) is 0 Å². The summed E-state index contributed by atoms with van der Waals surface area (Å²) in [7, 11) is 0. The van der Waals surface area contributed by atoms with Crippen LogP contribution in [0.1, 0.15) is 22.5 Å². The first kappa shape index (κ1) is 15.0. The van der Waals surface area contributed by atoms with Crippen molar-refractivity contribution in [1.29, 1.82) is 0 Å². The number of nitrogens with zero attached hydrogens (tertiary/aromatic N) is 1. The first-order valence-electron chi connectivity index (χ1n) is 6.37. The molecule has 21 heavy (non-hydrogen) atoms. The molecule has 0 aliphatic heterocycles. The van der Waals surface area contributed by atoms with Gasteiger partial charge >= 0.3 is 4.87 Å². The van der Waals surface area contributed by atoms with E-state index in [1.54, 1.807) is 35.7 Å². The lowest BCUT2D eigenvalue weighted by Gasteiger charge is -2.08. The highest BCUT2D eigenvalue weighted by molar-refractivity contribution is 7.07. The van der Waals surface area contributed by atoms with Gasteiger partial charge in [0.15, 0.2) is 0 Å². The quantitative estimate of drug-likeness (QED) is 0.829. The van der Waals surface area contributed by atoms with Crippen LogP contribution in [0.3, 0.4) is 0 Å². The number of hydrazine groups is 1. The zero-order chi connectivity index (χ0) is 15.2. The van der Waals surface area contributed by atoms with Crippen LogP contribution in [0.2, 0.25) is 0 Å². The Hall–Kier alpha value is -2.41. The van der Waals surface area contributed by atoms with Crippen molar-refractivity contribution in [2.24, 2.45) is 0 Å². The molecule has 0 saturated carbocycles. The highest BCUT2D eigenvalue weighted by atomic mass is 32.1. The van der Waals surface area contributed by atoms with Gasteiger partial charge in [-0.15, -0.1) is 0 Å². The summed E-state index contributed by atoms with van der Waals surface area (Å²) < 4.78 is 1.53. The Balaban J connectivity index is 1.80. The topological polar surface area (TPSA) is 80.2 Å². The molecule has 0 saturated heterocycles. The third-order valence-electron chi connectivity index (χ3n) is 2.89. The first-order chi connectivity index (χ1) is 10.1. The molecule has 0 fully saturated rings. The van der Waals surface area contributed by atoms with E-state index in [0.29, 0.717) is 12.1 Å². The van der Waals surface area contributed by atoms with Crippen LogP contribution in [0.5, 0.6) is 0 Å². The van der Waals surface area contributed by atoms with Gasteiger partial charge in [0.25, 0.3) is 5.91 Å². The van der Waals surface area contributed by atoms with E-state index in [1.807, 2.05) is 6.92 Å². The summed E-state index contributed by atoms with van der Waals surface area (Å²) in [6.45, 7) is 2.11. The van der Waals surface area contributed by atoms with Crippen LogP contribution in [0.4, 0.5) is 0 Å². The van der Waals surface area contributed by atoms with Gasteiger partial charge in [0.05, 0.1) is 0 Å². The molecule has 1 aromatic carbocycles. The maximum atomic E-state index is 11.7. The smallest absolute Gasteiger partial charge is 0.303 e. The van der Waals surface area contributed by atoms with E-state index in [1.165, 1.54) is 4.57 Å². The van der Waals surface area contributed by atoms with E-state index in [-0.39, 0.29) is 23.1 Å². The molecule has 2 amide bonds. The van der Waals surface area contributed by atoms with Crippen molar-refractivity contribution in [3.8, 4) is 0 Å². The summed E-state index contributed by atoms with van der Waals surface area (Å²) in [6.07, 6.45) is 0.118. The van der Waals surface area contributed by atoms with Crippen LogP contribution in [0.25, 0.3) is 0 Å². The van der Waals surface area contributed by atoms with Crippen LogP contribution in [-0.4, -0.2) is 16.4 Å².